The summed E-state index contributed by atoms with van der Waals surface area (Å²) in [4.78, 5) is 24.7. The summed E-state index contributed by atoms with van der Waals surface area (Å²) in [6, 6.07) is 0. The SMILES string of the molecule is Cc1nc2c3c(c(-c4[nH]c5sc(C6CCN(CC(N)=O)CC6)c(C)c5c4C(C)C)cn2n1)COC3. The van der Waals surface area contributed by atoms with Crippen molar-refractivity contribution in [3.8, 4) is 11.3 Å². The van der Waals surface area contributed by atoms with Gasteiger partial charge < -0.3 is 15.5 Å². The second kappa shape index (κ2) is 8.43. The number of aryl methyl sites for hydroxylation is 2. The van der Waals surface area contributed by atoms with E-state index in [1.54, 1.807) is 0 Å². The zero-order chi connectivity index (χ0) is 24.4. The Morgan fingerprint density at radius 3 is 2.71 bits per heavy atom. The van der Waals surface area contributed by atoms with Crippen LogP contribution in [0.1, 0.15) is 71.5 Å². The predicted molar refractivity (Wildman–Crippen MR) is 138 cm³/mol. The molecule has 0 atom stereocenters. The molecule has 0 saturated carbocycles. The number of hydrogen-bond donors (Lipinski definition) is 2. The molecule has 4 aromatic rings. The number of hydrogen-bond acceptors (Lipinski definition) is 6. The molecule has 8 nitrogen and oxygen atoms in total. The van der Waals surface area contributed by atoms with Crippen LogP contribution >= 0.6 is 11.3 Å². The minimum absolute atomic E-state index is 0.241. The average Bonchev–Trinajstić information content (AvgIpc) is 3.56. The van der Waals surface area contributed by atoms with E-state index in [9.17, 15) is 4.79 Å². The molecule has 184 valence electrons. The molecule has 0 aliphatic carbocycles. The first-order valence-corrected chi connectivity index (χ1v) is 13.2. The van der Waals surface area contributed by atoms with Gasteiger partial charge in [0.25, 0.3) is 0 Å². The standard InChI is InChI=1S/C26H32N6O2S/c1-13(2)21-22-14(3)24(16-5-7-31(8-6-16)10-20(27)33)35-26(22)29-23(21)17-9-32-25(28-15(4)30-32)19-12-34-11-18(17)19/h9,13,16,29H,5-8,10-12H2,1-4H3,(H2,27,33). The van der Waals surface area contributed by atoms with Crippen LogP contribution in [0, 0.1) is 13.8 Å². The topological polar surface area (TPSA) is 102 Å². The van der Waals surface area contributed by atoms with Gasteiger partial charge in [-0.1, -0.05) is 13.8 Å². The van der Waals surface area contributed by atoms with Gasteiger partial charge in [0.05, 0.1) is 25.5 Å². The highest BCUT2D eigenvalue weighted by Gasteiger charge is 2.30. The third-order valence-electron chi connectivity index (χ3n) is 7.59. The summed E-state index contributed by atoms with van der Waals surface area (Å²) in [5, 5.41) is 5.99. The number of aromatic amines is 1. The molecule has 0 unspecified atom stereocenters. The molecule has 1 fully saturated rings. The Morgan fingerprint density at radius 1 is 1.26 bits per heavy atom. The number of nitrogens with two attached hydrogens (primary N) is 1. The number of primary amides is 1. The number of H-pyrrole nitrogens is 1. The molecule has 9 heteroatoms. The molecule has 2 aliphatic rings. The second-order valence-corrected chi connectivity index (χ2v) is 11.4. The van der Waals surface area contributed by atoms with Crippen molar-refractivity contribution in [3.63, 3.8) is 0 Å². The van der Waals surface area contributed by atoms with Crippen LogP contribution in [0.3, 0.4) is 0 Å². The summed E-state index contributed by atoms with van der Waals surface area (Å²) in [5.74, 6) is 1.42. The molecule has 0 radical (unpaired) electrons. The second-order valence-electron chi connectivity index (χ2n) is 10.3. The molecule has 1 saturated heterocycles. The average molecular weight is 493 g/mol. The molecular weight excluding hydrogens is 460 g/mol. The fourth-order valence-electron chi connectivity index (χ4n) is 6.01. The van der Waals surface area contributed by atoms with E-state index >= 15 is 0 Å². The van der Waals surface area contributed by atoms with Crippen LogP contribution in [-0.4, -0.2) is 50.0 Å². The van der Waals surface area contributed by atoms with E-state index in [4.69, 9.17) is 10.5 Å². The molecule has 0 spiro atoms. The van der Waals surface area contributed by atoms with Gasteiger partial charge in [0.2, 0.25) is 5.91 Å². The van der Waals surface area contributed by atoms with E-state index in [-0.39, 0.29) is 5.91 Å². The van der Waals surface area contributed by atoms with E-state index in [1.165, 1.54) is 43.0 Å². The predicted octanol–water partition coefficient (Wildman–Crippen LogP) is 4.37. The van der Waals surface area contributed by atoms with Crippen LogP contribution in [0.5, 0.6) is 0 Å². The third-order valence-corrected chi connectivity index (χ3v) is 8.96. The van der Waals surface area contributed by atoms with Crippen molar-refractivity contribution in [1.82, 2.24) is 24.5 Å². The quantitative estimate of drug-likeness (QED) is 0.431. The van der Waals surface area contributed by atoms with E-state index < -0.39 is 0 Å². The van der Waals surface area contributed by atoms with Crippen molar-refractivity contribution in [3.05, 3.63) is 39.2 Å². The first-order chi connectivity index (χ1) is 16.8. The first-order valence-electron chi connectivity index (χ1n) is 12.4. The highest BCUT2D eigenvalue weighted by molar-refractivity contribution is 7.19. The Hall–Kier alpha value is -2.75. The Balaban J connectivity index is 1.43. The maximum atomic E-state index is 11.3. The van der Waals surface area contributed by atoms with Gasteiger partial charge in [-0.15, -0.1) is 11.3 Å². The smallest absolute Gasteiger partial charge is 0.231 e. The Kier molecular flexibility index (Phi) is 5.47. The lowest BCUT2D eigenvalue weighted by Gasteiger charge is -2.31. The number of ether oxygens (including phenoxy) is 1. The number of carbonyl (C=O) groups is 1. The number of thiophene rings is 1. The number of aromatic nitrogens is 4. The van der Waals surface area contributed by atoms with Gasteiger partial charge in [-0.3, -0.25) is 9.69 Å². The number of pyridine rings is 1. The number of nitrogens with zero attached hydrogens (tertiary/aromatic N) is 4. The van der Waals surface area contributed by atoms with Gasteiger partial charge >= 0.3 is 0 Å². The first kappa shape index (κ1) is 22.7. The Morgan fingerprint density at radius 2 is 2.00 bits per heavy atom. The lowest BCUT2D eigenvalue weighted by molar-refractivity contribution is -0.119. The summed E-state index contributed by atoms with van der Waals surface area (Å²) in [7, 11) is 0. The van der Waals surface area contributed by atoms with E-state index in [1.807, 2.05) is 22.8 Å². The van der Waals surface area contributed by atoms with Crippen LogP contribution in [-0.2, 0) is 22.7 Å². The van der Waals surface area contributed by atoms with Crippen LogP contribution in [0.4, 0.5) is 0 Å². The zero-order valence-corrected chi connectivity index (χ0v) is 21.6. The van der Waals surface area contributed by atoms with Crippen LogP contribution in [0.15, 0.2) is 6.20 Å². The minimum atomic E-state index is -0.241. The number of carbonyl (C=O) groups excluding carboxylic acids is 1. The van der Waals surface area contributed by atoms with Gasteiger partial charge in [-0.05, 0) is 68.3 Å². The molecule has 3 N–H and O–H groups in total. The fourth-order valence-corrected chi connectivity index (χ4v) is 7.41. The largest absolute Gasteiger partial charge is 0.372 e. The lowest BCUT2D eigenvalue weighted by Crippen LogP contribution is -2.39. The molecule has 0 aromatic carbocycles. The number of rotatable bonds is 5. The summed E-state index contributed by atoms with van der Waals surface area (Å²) in [6.45, 7) is 12.2. The fraction of sp³-hybridized carbons (Fsp3) is 0.500. The highest BCUT2D eigenvalue weighted by atomic mass is 32.1. The Labute approximate surface area is 208 Å². The van der Waals surface area contributed by atoms with E-state index in [0.29, 0.717) is 31.6 Å². The van der Waals surface area contributed by atoms with Crippen LogP contribution in [0.2, 0.25) is 0 Å². The number of amides is 1. The van der Waals surface area contributed by atoms with Crippen LogP contribution in [0.25, 0.3) is 27.1 Å². The number of nitrogens with one attached hydrogen (secondary N) is 1. The van der Waals surface area contributed by atoms with Gasteiger partial charge in [-0.25, -0.2) is 9.50 Å². The van der Waals surface area contributed by atoms with Crippen molar-refractivity contribution in [2.45, 2.75) is 65.6 Å². The van der Waals surface area contributed by atoms with Gasteiger partial charge in [0.1, 0.15) is 10.7 Å². The number of piperidine rings is 1. The molecule has 6 rings (SSSR count). The molecule has 2 aliphatic heterocycles. The summed E-state index contributed by atoms with van der Waals surface area (Å²) in [5.41, 5.74) is 13.8. The van der Waals surface area contributed by atoms with Gasteiger partial charge in [0.15, 0.2) is 5.65 Å². The maximum absolute atomic E-state index is 11.3. The van der Waals surface area contributed by atoms with Crippen LogP contribution < -0.4 is 5.73 Å². The van der Waals surface area contributed by atoms with E-state index in [2.05, 4.69) is 46.9 Å². The monoisotopic (exact) mass is 492 g/mol. The number of fused-ring (bicyclic) bond motifs is 4. The van der Waals surface area contributed by atoms with Crippen molar-refractivity contribution in [1.29, 1.82) is 0 Å². The number of likely N-dealkylation sites (tertiary alicyclic amines) is 1. The van der Waals surface area contributed by atoms with Crippen molar-refractivity contribution in [2.75, 3.05) is 19.6 Å². The molecule has 35 heavy (non-hydrogen) atoms. The maximum Gasteiger partial charge on any atom is 0.231 e. The molecular formula is C26H32N6O2S. The Bertz CT molecular complexity index is 1450. The molecule has 1 amide bonds. The van der Waals surface area contributed by atoms with Gasteiger partial charge in [0, 0.05) is 27.6 Å². The highest BCUT2D eigenvalue weighted by Crippen LogP contribution is 2.47. The van der Waals surface area contributed by atoms with Crippen molar-refractivity contribution in [2.24, 2.45) is 5.73 Å². The van der Waals surface area contributed by atoms with Gasteiger partial charge in [-0.2, -0.15) is 5.10 Å². The molecule has 4 aromatic heterocycles. The van der Waals surface area contributed by atoms with Crippen molar-refractivity contribution < 1.29 is 9.53 Å². The van der Waals surface area contributed by atoms with Crippen molar-refractivity contribution >= 4 is 33.1 Å². The normalized spacial score (nSPS) is 17.3. The summed E-state index contributed by atoms with van der Waals surface area (Å²) >= 11 is 1.90. The zero-order valence-electron chi connectivity index (χ0n) is 20.8. The van der Waals surface area contributed by atoms with E-state index in [0.717, 1.165) is 43.0 Å². The minimum Gasteiger partial charge on any atom is -0.372 e. The molecule has 0 bridgehead atoms. The third kappa shape index (κ3) is 3.68. The summed E-state index contributed by atoms with van der Waals surface area (Å²) < 4.78 is 7.79. The molecule has 6 heterocycles. The summed E-state index contributed by atoms with van der Waals surface area (Å²) in [6.07, 6.45) is 4.25. The lowest BCUT2D eigenvalue weighted by atomic mass is 9.90.